The zero-order valence-corrected chi connectivity index (χ0v) is 21.5. The molecule has 1 aromatic heterocycles. The molecule has 2 heterocycles. The van der Waals surface area contributed by atoms with E-state index in [9.17, 15) is 17.9 Å². The van der Waals surface area contributed by atoms with Gasteiger partial charge in [-0.15, -0.1) is 0 Å². The van der Waals surface area contributed by atoms with Gasteiger partial charge in [-0.05, 0) is 88.4 Å². The molecular formula is C26H35FN4O3S. The van der Waals surface area contributed by atoms with Crippen LogP contribution in [0.5, 0.6) is 0 Å². The van der Waals surface area contributed by atoms with Crippen LogP contribution in [0.4, 0.5) is 10.2 Å². The van der Waals surface area contributed by atoms with Gasteiger partial charge < -0.3 is 10.0 Å². The van der Waals surface area contributed by atoms with Crippen molar-refractivity contribution in [3.8, 4) is 0 Å². The summed E-state index contributed by atoms with van der Waals surface area (Å²) in [6, 6.07) is 10.2. The predicted octanol–water partition coefficient (Wildman–Crippen LogP) is 3.20. The highest BCUT2D eigenvalue weighted by atomic mass is 32.2. The number of aliphatic hydroxyl groups excluding tert-OH is 1. The summed E-state index contributed by atoms with van der Waals surface area (Å²) in [5.74, 6) is 0.966. The number of rotatable bonds is 6. The van der Waals surface area contributed by atoms with Gasteiger partial charge >= 0.3 is 0 Å². The van der Waals surface area contributed by atoms with Crippen LogP contribution in [-0.4, -0.2) is 73.6 Å². The SMILES string of the molecule is CN(C)[C@]1(c2cccc(F)c2)CC[C@]2(CC1)CN(c1ccc(S(C)(=O)=O)cn1)C(O)N2CC1CC1. The molecule has 0 bridgehead atoms. The predicted molar refractivity (Wildman–Crippen MR) is 133 cm³/mol. The van der Waals surface area contributed by atoms with E-state index in [0.717, 1.165) is 37.8 Å². The normalized spacial score (nSPS) is 29.9. The van der Waals surface area contributed by atoms with Crippen molar-refractivity contribution < 1.29 is 17.9 Å². The van der Waals surface area contributed by atoms with Gasteiger partial charge in [0.15, 0.2) is 16.2 Å². The highest BCUT2D eigenvalue weighted by Gasteiger charge is 2.55. The molecule has 2 aromatic rings. The van der Waals surface area contributed by atoms with Gasteiger partial charge in [0.25, 0.3) is 0 Å². The molecule has 1 aromatic carbocycles. The molecule has 1 unspecified atom stereocenters. The molecule has 7 nitrogen and oxygen atoms in total. The smallest absolute Gasteiger partial charge is 0.188 e. The molecule has 0 amide bonds. The standard InChI is InChI=1S/C26H35FN4O3S/c1-29(2)26(20-5-4-6-21(27)15-20)13-11-25(12-14-26)18-30(24(32)31(25)17-19-7-8-19)23-10-9-22(16-28-23)35(3,33)34/h4-6,9-10,15-16,19,24,32H,7-8,11-14,17-18H2,1-3H3/t24?,25-,26+. The van der Waals surface area contributed by atoms with Crippen molar-refractivity contribution in [1.82, 2.24) is 14.8 Å². The molecule has 3 fully saturated rings. The number of aromatic nitrogens is 1. The van der Waals surface area contributed by atoms with Crippen molar-refractivity contribution in [2.24, 2.45) is 5.92 Å². The Morgan fingerprint density at radius 3 is 2.40 bits per heavy atom. The lowest BCUT2D eigenvalue weighted by atomic mass is 9.68. The van der Waals surface area contributed by atoms with E-state index < -0.39 is 16.2 Å². The summed E-state index contributed by atoms with van der Waals surface area (Å²) in [6.07, 6.45) is 7.53. The number of hydrogen-bond donors (Lipinski definition) is 1. The largest absolute Gasteiger partial charge is 0.361 e. The summed E-state index contributed by atoms with van der Waals surface area (Å²) in [4.78, 5) is 10.9. The summed E-state index contributed by atoms with van der Waals surface area (Å²) >= 11 is 0. The quantitative estimate of drug-likeness (QED) is 0.650. The molecule has 1 saturated heterocycles. The average Bonchev–Trinajstić information content (AvgIpc) is 3.60. The highest BCUT2D eigenvalue weighted by Crippen LogP contribution is 2.51. The Bertz CT molecular complexity index is 1180. The Morgan fingerprint density at radius 1 is 1.14 bits per heavy atom. The number of anilines is 1. The highest BCUT2D eigenvalue weighted by molar-refractivity contribution is 7.90. The molecule has 1 aliphatic heterocycles. The number of sulfone groups is 1. The molecule has 1 atom stereocenters. The van der Waals surface area contributed by atoms with Gasteiger partial charge in [0.2, 0.25) is 0 Å². The summed E-state index contributed by atoms with van der Waals surface area (Å²) in [5, 5.41) is 11.5. The van der Waals surface area contributed by atoms with E-state index in [2.05, 4.69) is 28.9 Å². The molecule has 2 aliphatic carbocycles. The fraction of sp³-hybridized carbons (Fsp3) is 0.577. The van der Waals surface area contributed by atoms with Crippen molar-refractivity contribution in [1.29, 1.82) is 0 Å². The molecule has 190 valence electrons. The van der Waals surface area contributed by atoms with Gasteiger partial charge in [0, 0.05) is 36.6 Å². The summed E-state index contributed by atoms with van der Waals surface area (Å²) in [5.41, 5.74) is 0.526. The number of hydrogen-bond acceptors (Lipinski definition) is 7. The first kappa shape index (κ1) is 24.6. The Balaban J connectivity index is 1.44. The van der Waals surface area contributed by atoms with Gasteiger partial charge in [0.1, 0.15) is 11.6 Å². The minimum Gasteiger partial charge on any atom is -0.361 e. The number of benzene rings is 1. The molecule has 5 rings (SSSR count). The number of aliphatic hydroxyl groups is 1. The first-order valence-electron chi connectivity index (χ1n) is 12.4. The third-order valence-electron chi connectivity index (χ3n) is 8.45. The van der Waals surface area contributed by atoms with E-state index in [1.54, 1.807) is 24.3 Å². The monoisotopic (exact) mass is 502 g/mol. The zero-order chi connectivity index (χ0) is 25.0. The maximum absolute atomic E-state index is 14.1. The van der Waals surface area contributed by atoms with Crippen LogP contribution < -0.4 is 4.90 Å². The minimum atomic E-state index is -3.34. The zero-order valence-electron chi connectivity index (χ0n) is 20.7. The lowest BCUT2D eigenvalue weighted by Gasteiger charge is -2.51. The third-order valence-corrected chi connectivity index (χ3v) is 9.55. The second kappa shape index (κ2) is 8.80. The Hall–Kier alpha value is -2.07. The lowest BCUT2D eigenvalue weighted by Crippen LogP contribution is -2.56. The van der Waals surface area contributed by atoms with Crippen molar-refractivity contribution in [3.05, 3.63) is 54.0 Å². The Morgan fingerprint density at radius 2 is 1.86 bits per heavy atom. The van der Waals surface area contributed by atoms with Gasteiger partial charge in [0.05, 0.1) is 4.90 Å². The molecule has 9 heteroatoms. The van der Waals surface area contributed by atoms with E-state index in [1.165, 1.54) is 31.4 Å². The van der Waals surface area contributed by atoms with Gasteiger partial charge in [-0.3, -0.25) is 9.80 Å². The molecule has 1 N–H and O–H groups in total. The second-order valence-electron chi connectivity index (χ2n) is 10.9. The van der Waals surface area contributed by atoms with Gasteiger partial charge in [-0.2, -0.15) is 0 Å². The van der Waals surface area contributed by atoms with Crippen LogP contribution in [0.25, 0.3) is 0 Å². The van der Waals surface area contributed by atoms with Crippen LogP contribution in [0.3, 0.4) is 0 Å². The number of pyridine rings is 1. The van der Waals surface area contributed by atoms with E-state index in [4.69, 9.17) is 0 Å². The molecule has 35 heavy (non-hydrogen) atoms. The average molecular weight is 503 g/mol. The summed E-state index contributed by atoms with van der Waals surface area (Å²) in [6.45, 7) is 1.47. The number of halogens is 1. The molecular weight excluding hydrogens is 467 g/mol. The first-order valence-corrected chi connectivity index (χ1v) is 14.2. The van der Waals surface area contributed by atoms with E-state index in [0.29, 0.717) is 18.3 Å². The van der Waals surface area contributed by atoms with Gasteiger partial charge in [-0.1, -0.05) is 12.1 Å². The Labute approximate surface area is 207 Å². The topological polar surface area (TPSA) is 77.0 Å². The van der Waals surface area contributed by atoms with Crippen LogP contribution in [-0.2, 0) is 15.4 Å². The van der Waals surface area contributed by atoms with Crippen LogP contribution in [0, 0.1) is 11.7 Å². The molecule has 0 radical (unpaired) electrons. The first-order chi connectivity index (χ1) is 16.5. The van der Waals surface area contributed by atoms with Crippen LogP contribution in [0.15, 0.2) is 47.5 Å². The van der Waals surface area contributed by atoms with Crippen LogP contribution in [0.1, 0.15) is 44.1 Å². The summed E-state index contributed by atoms with van der Waals surface area (Å²) < 4.78 is 37.9. The van der Waals surface area contributed by atoms with Crippen LogP contribution >= 0.6 is 0 Å². The van der Waals surface area contributed by atoms with E-state index in [-0.39, 0.29) is 21.8 Å². The fourth-order valence-corrected chi connectivity index (χ4v) is 6.64. The van der Waals surface area contributed by atoms with Gasteiger partial charge in [-0.25, -0.2) is 17.8 Å². The van der Waals surface area contributed by atoms with E-state index >= 15 is 0 Å². The second-order valence-corrected chi connectivity index (χ2v) is 12.9. The lowest BCUT2D eigenvalue weighted by molar-refractivity contribution is -0.0556. The van der Waals surface area contributed by atoms with Crippen molar-refractivity contribution in [2.45, 2.75) is 60.9 Å². The minimum absolute atomic E-state index is 0.169. The molecule has 3 aliphatic rings. The fourth-order valence-electron chi connectivity index (χ4n) is 6.08. The maximum Gasteiger partial charge on any atom is 0.188 e. The van der Waals surface area contributed by atoms with Crippen molar-refractivity contribution in [3.63, 3.8) is 0 Å². The van der Waals surface area contributed by atoms with Crippen molar-refractivity contribution in [2.75, 3.05) is 38.3 Å². The van der Waals surface area contributed by atoms with Crippen molar-refractivity contribution >= 4 is 15.7 Å². The maximum atomic E-state index is 14.1. The molecule has 1 spiro atoms. The summed E-state index contributed by atoms with van der Waals surface area (Å²) in [7, 11) is 0.789. The molecule has 2 saturated carbocycles. The third kappa shape index (κ3) is 4.48. The Kier molecular flexibility index (Phi) is 6.19. The van der Waals surface area contributed by atoms with E-state index in [1.807, 2.05) is 11.0 Å². The number of nitrogens with zero attached hydrogens (tertiary/aromatic N) is 4. The van der Waals surface area contributed by atoms with Crippen LogP contribution in [0.2, 0.25) is 0 Å².